The molecule has 90 valence electrons. The number of piperidine rings is 1. The Morgan fingerprint density at radius 2 is 2.27 bits per heavy atom. The third kappa shape index (κ3) is 3.16. The van der Waals surface area contributed by atoms with Gasteiger partial charge in [0, 0.05) is 25.7 Å². The first-order chi connectivity index (χ1) is 7.24. The maximum absolute atomic E-state index is 5.89. The highest BCUT2D eigenvalue weighted by molar-refractivity contribution is 4.86. The van der Waals surface area contributed by atoms with Crippen LogP contribution >= 0.6 is 0 Å². The van der Waals surface area contributed by atoms with Gasteiger partial charge in [0.1, 0.15) is 0 Å². The predicted molar refractivity (Wildman–Crippen MR) is 63.9 cm³/mol. The average Bonchev–Trinajstić information content (AvgIpc) is 2.25. The second-order valence-corrected chi connectivity index (χ2v) is 4.68. The number of methoxy groups -OCH3 is 1. The van der Waals surface area contributed by atoms with Gasteiger partial charge in [0.2, 0.25) is 0 Å². The van der Waals surface area contributed by atoms with Crippen LogP contribution in [-0.4, -0.2) is 43.8 Å². The Bertz CT molecular complexity index is 175. The molecule has 3 atom stereocenters. The molecule has 3 nitrogen and oxygen atoms in total. The van der Waals surface area contributed by atoms with Crippen molar-refractivity contribution >= 4 is 0 Å². The van der Waals surface area contributed by atoms with Crippen molar-refractivity contribution in [3.05, 3.63) is 0 Å². The molecule has 0 aromatic rings. The molecule has 1 aliphatic heterocycles. The van der Waals surface area contributed by atoms with Gasteiger partial charge >= 0.3 is 0 Å². The Labute approximate surface area is 94.0 Å². The standard InChI is InChI=1S/C12H26N2O/c1-4-11(9-15-3)14-7-5-6-10(2)12(14)8-13/h10-12H,4-9,13H2,1-3H3. The first-order valence-corrected chi connectivity index (χ1v) is 6.19. The van der Waals surface area contributed by atoms with Gasteiger partial charge in [-0.05, 0) is 31.7 Å². The molecule has 2 N–H and O–H groups in total. The lowest BCUT2D eigenvalue weighted by Crippen LogP contribution is -2.54. The molecule has 1 fully saturated rings. The lowest BCUT2D eigenvalue weighted by molar-refractivity contribution is 0.0196. The fraction of sp³-hybridized carbons (Fsp3) is 1.00. The van der Waals surface area contributed by atoms with Gasteiger partial charge < -0.3 is 10.5 Å². The number of hydrogen-bond donors (Lipinski definition) is 1. The Kier molecular flexibility index (Phi) is 5.58. The fourth-order valence-electron chi connectivity index (χ4n) is 2.74. The highest BCUT2D eigenvalue weighted by atomic mass is 16.5. The van der Waals surface area contributed by atoms with Gasteiger partial charge in [0.05, 0.1) is 6.61 Å². The van der Waals surface area contributed by atoms with Crippen molar-refractivity contribution in [3.63, 3.8) is 0 Å². The molecule has 0 aliphatic carbocycles. The summed E-state index contributed by atoms with van der Waals surface area (Å²) in [5, 5.41) is 0. The fourth-order valence-corrected chi connectivity index (χ4v) is 2.74. The van der Waals surface area contributed by atoms with E-state index >= 15 is 0 Å². The largest absolute Gasteiger partial charge is 0.383 e. The predicted octanol–water partition coefficient (Wildman–Crippen LogP) is 1.47. The van der Waals surface area contributed by atoms with Gasteiger partial charge in [-0.3, -0.25) is 4.90 Å². The van der Waals surface area contributed by atoms with Gasteiger partial charge in [0.15, 0.2) is 0 Å². The molecule has 0 aromatic heterocycles. The van der Waals surface area contributed by atoms with Gasteiger partial charge in [-0.25, -0.2) is 0 Å². The molecular formula is C12H26N2O. The summed E-state index contributed by atoms with van der Waals surface area (Å²) in [6, 6.07) is 1.10. The molecule has 3 heteroatoms. The zero-order valence-electron chi connectivity index (χ0n) is 10.4. The van der Waals surface area contributed by atoms with Crippen molar-refractivity contribution in [2.45, 2.75) is 45.2 Å². The van der Waals surface area contributed by atoms with Crippen molar-refractivity contribution in [2.24, 2.45) is 11.7 Å². The normalized spacial score (nSPS) is 30.4. The SMILES string of the molecule is CCC(COC)N1CCCC(C)C1CN. The molecule has 0 spiro atoms. The molecule has 3 unspecified atom stereocenters. The number of hydrogen-bond acceptors (Lipinski definition) is 3. The van der Waals surface area contributed by atoms with Crippen molar-refractivity contribution in [3.8, 4) is 0 Å². The van der Waals surface area contributed by atoms with E-state index in [9.17, 15) is 0 Å². The summed E-state index contributed by atoms with van der Waals surface area (Å²) in [6.45, 7) is 7.36. The van der Waals surface area contributed by atoms with Crippen molar-refractivity contribution in [1.82, 2.24) is 4.90 Å². The van der Waals surface area contributed by atoms with Crippen LogP contribution in [0.15, 0.2) is 0 Å². The molecule has 1 aliphatic rings. The topological polar surface area (TPSA) is 38.5 Å². The molecule has 0 saturated carbocycles. The monoisotopic (exact) mass is 214 g/mol. The van der Waals surface area contributed by atoms with Crippen LogP contribution in [0, 0.1) is 5.92 Å². The van der Waals surface area contributed by atoms with Crippen molar-refractivity contribution < 1.29 is 4.74 Å². The maximum atomic E-state index is 5.89. The highest BCUT2D eigenvalue weighted by Gasteiger charge is 2.31. The Hall–Kier alpha value is -0.120. The smallest absolute Gasteiger partial charge is 0.0618 e. The van der Waals surface area contributed by atoms with Gasteiger partial charge in [-0.2, -0.15) is 0 Å². The molecule has 0 amide bonds. The van der Waals surface area contributed by atoms with Gasteiger partial charge in [0.25, 0.3) is 0 Å². The summed E-state index contributed by atoms with van der Waals surface area (Å²) in [6.07, 6.45) is 3.77. The van der Waals surface area contributed by atoms with E-state index in [1.54, 1.807) is 7.11 Å². The molecule has 0 bridgehead atoms. The minimum absolute atomic E-state index is 0.547. The van der Waals surface area contributed by atoms with Gasteiger partial charge in [-0.1, -0.05) is 13.8 Å². The molecular weight excluding hydrogens is 188 g/mol. The van der Waals surface area contributed by atoms with E-state index < -0.39 is 0 Å². The minimum Gasteiger partial charge on any atom is -0.383 e. The number of nitrogens with two attached hydrogens (primary N) is 1. The average molecular weight is 214 g/mol. The maximum Gasteiger partial charge on any atom is 0.0618 e. The van der Waals surface area contributed by atoms with Crippen molar-refractivity contribution in [1.29, 1.82) is 0 Å². The lowest BCUT2D eigenvalue weighted by Gasteiger charge is -2.43. The number of ether oxygens (including phenoxy) is 1. The third-order valence-corrected chi connectivity index (χ3v) is 3.70. The Morgan fingerprint density at radius 1 is 1.53 bits per heavy atom. The van der Waals surface area contributed by atoms with Crippen LogP contribution in [0.4, 0.5) is 0 Å². The molecule has 1 heterocycles. The van der Waals surface area contributed by atoms with Crippen LogP contribution < -0.4 is 5.73 Å². The zero-order valence-corrected chi connectivity index (χ0v) is 10.4. The summed E-state index contributed by atoms with van der Waals surface area (Å²) < 4.78 is 5.29. The summed E-state index contributed by atoms with van der Waals surface area (Å²) in [4.78, 5) is 2.57. The minimum atomic E-state index is 0.547. The summed E-state index contributed by atoms with van der Waals surface area (Å²) >= 11 is 0. The van der Waals surface area contributed by atoms with E-state index in [4.69, 9.17) is 10.5 Å². The third-order valence-electron chi connectivity index (χ3n) is 3.70. The summed E-state index contributed by atoms with van der Waals surface area (Å²) in [7, 11) is 1.79. The molecule has 1 saturated heterocycles. The molecule has 1 rings (SSSR count). The first-order valence-electron chi connectivity index (χ1n) is 6.19. The van der Waals surface area contributed by atoms with Crippen LogP contribution in [0.25, 0.3) is 0 Å². The number of likely N-dealkylation sites (tertiary alicyclic amines) is 1. The second kappa shape index (κ2) is 6.46. The number of rotatable bonds is 5. The summed E-state index contributed by atoms with van der Waals surface area (Å²) in [5.41, 5.74) is 5.89. The lowest BCUT2D eigenvalue weighted by atomic mass is 9.89. The van der Waals surface area contributed by atoms with Gasteiger partial charge in [-0.15, -0.1) is 0 Å². The summed E-state index contributed by atoms with van der Waals surface area (Å²) in [5.74, 6) is 0.731. The quantitative estimate of drug-likeness (QED) is 0.753. The van der Waals surface area contributed by atoms with Crippen LogP contribution in [0.5, 0.6) is 0 Å². The highest BCUT2D eigenvalue weighted by Crippen LogP contribution is 2.25. The molecule has 0 radical (unpaired) electrons. The van der Waals surface area contributed by atoms with Crippen molar-refractivity contribution in [2.75, 3.05) is 26.8 Å². The van der Waals surface area contributed by atoms with Crippen LogP contribution in [0.1, 0.15) is 33.1 Å². The zero-order chi connectivity index (χ0) is 11.3. The van der Waals surface area contributed by atoms with E-state index in [1.807, 2.05) is 0 Å². The van der Waals surface area contributed by atoms with E-state index in [1.165, 1.54) is 19.4 Å². The van der Waals surface area contributed by atoms with E-state index in [-0.39, 0.29) is 0 Å². The van der Waals surface area contributed by atoms with Crippen LogP contribution in [0.3, 0.4) is 0 Å². The van der Waals surface area contributed by atoms with E-state index in [2.05, 4.69) is 18.7 Å². The molecule has 0 aromatic carbocycles. The van der Waals surface area contributed by atoms with Crippen LogP contribution in [0.2, 0.25) is 0 Å². The Morgan fingerprint density at radius 3 is 2.80 bits per heavy atom. The first kappa shape index (κ1) is 12.9. The Balaban J connectivity index is 2.62. The molecule has 15 heavy (non-hydrogen) atoms. The second-order valence-electron chi connectivity index (χ2n) is 4.68. The van der Waals surface area contributed by atoms with Crippen LogP contribution in [-0.2, 0) is 4.74 Å². The van der Waals surface area contributed by atoms with E-state index in [0.29, 0.717) is 12.1 Å². The van der Waals surface area contributed by atoms with E-state index in [0.717, 1.165) is 25.5 Å². The number of nitrogens with zero attached hydrogens (tertiary/aromatic N) is 1.